The molecule has 1 rings (SSSR count). The van der Waals surface area contributed by atoms with Crippen LogP contribution in [-0.2, 0) is 9.53 Å². The van der Waals surface area contributed by atoms with E-state index in [0.29, 0.717) is 21.5 Å². The highest BCUT2D eigenvalue weighted by molar-refractivity contribution is 9.10. The van der Waals surface area contributed by atoms with Crippen LogP contribution in [0.3, 0.4) is 0 Å². The Labute approximate surface area is 132 Å². The summed E-state index contributed by atoms with van der Waals surface area (Å²) in [6.45, 7) is 3.59. The van der Waals surface area contributed by atoms with Crippen LogP contribution in [0.2, 0.25) is 5.02 Å². The fourth-order valence-corrected chi connectivity index (χ4v) is 2.80. The summed E-state index contributed by atoms with van der Waals surface area (Å²) in [5.41, 5.74) is -0.625. The van der Waals surface area contributed by atoms with Gasteiger partial charge >= 0.3 is 5.97 Å². The van der Waals surface area contributed by atoms with E-state index in [9.17, 15) is 9.59 Å². The SMILES string of the molecule is CCCC(C)(NC(=O)c1ccc(Cl)cc1Br)C(=O)OC. The lowest BCUT2D eigenvalue weighted by atomic mass is 9.95. The molecular weight excluding hydrogens is 346 g/mol. The Balaban J connectivity index is 2.99. The minimum Gasteiger partial charge on any atom is -0.467 e. The van der Waals surface area contributed by atoms with Crippen molar-refractivity contribution in [3.05, 3.63) is 33.3 Å². The molecule has 0 fully saturated rings. The Morgan fingerprint density at radius 1 is 1.45 bits per heavy atom. The van der Waals surface area contributed by atoms with E-state index in [-0.39, 0.29) is 5.91 Å². The van der Waals surface area contributed by atoms with E-state index >= 15 is 0 Å². The molecule has 1 unspecified atom stereocenters. The fraction of sp³-hybridized carbons (Fsp3) is 0.429. The van der Waals surface area contributed by atoms with Crippen LogP contribution in [0.5, 0.6) is 0 Å². The molecule has 0 spiro atoms. The zero-order valence-corrected chi connectivity index (χ0v) is 14.0. The first kappa shape index (κ1) is 17.0. The molecule has 0 saturated carbocycles. The van der Waals surface area contributed by atoms with Crippen LogP contribution in [0.15, 0.2) is 22.7 Å². The molecule has 1 atom stereocenters. The van der Waals surface area contributed by atoms with Gasteiger partial charge in [0.25, 0.3) is 5.91 Å². The topological polar surface area (TPSA) is 55.4 Å². The second-order valence-electron chi connectivity index (χ2n) is 4.65. The highest BCUT2D eigenvalue weighted by Gasteiger charge is 2.35. The number of hydrogen-bond acceptors (Lipinski definition) is 3. The van der Waals surface area contributed by atoms with E-state index in [4.69, 9.17) is 16.3 Å². The van der Waals surface area contributed by atoms with Crippen molar-refractivity contribution in [3.8, 4) is 0 Å². The molecule has 0 aromatic heterocycles. The number of nitrogens with one attached hydrogen (secondary N) is 1. The molecule has 4 nitrogen and oxygen atoms in total. The molecule has 1 amide bonds. The number of esters is 1. The summed E-state index contributed by atoms with van der Waals surface area (Å²) in [6.07, 6.45) is 1.24. The average molecular weight is 363 g/mol. The van der Waals surface area contributed by atoms with Gasteiger partial charge in [-0.05, 0) is 47.5 Å². The zero-order valence-electron chi connectivity index (χ0n) is 11.6. The monoisotopic (exact) mass is 361 g/mol. The molecule has 1 aromatic carbocycles. The van der Waals surface area contributed by atoms with Crippen LogP contribution in [0, 0.1) is 0 Å². The van der Waals surface area contributed by atoms with Crippen molar-refractivity contribution in [2.45, 2.75) is 32.2 Å². The van der Waals surface area contributed by atoms with Crippen molar-refractivity contribution in [2.24, 2.45) is 0 Å². The van der Waals surface area contributed by atoms with Gasteiger partial charge < -0.3 is 10.1 Å². The summed E-state index contributed by atoms with van der Waals surface area (Å²) >= 11 is 9.13. The van der Waals surface area contributed by atoms with Gasteiger partial charge in [-0.25, -0.2) is 4.79 Å². The van der Waals surface area contributed by atoms with Gasteiger partial charge in [0.1, 0.15) is 5.54 Å². The number of halogens is 2. The number of amides is 1. The van der Waals surface area contributed by atoms with Crippen LogP contribution in [-0.4, -0.2) is 24.5 Å². The summed E-state index contributed by atoms with van der Waals surface area (Å²) in [7, 11) is 1.31. The maximum Gasteiger partial charge on any atom is 0.331 e. The van der Waals surface area contributed by atoms with Crippen molar-refractivity contribution in [3.63, 3.8) is 0 Å². The summed E-state index contributed by atoms with van der Waals surface area (Å²) in [5, 5.41) is 3.26. The van der Waals surface area contributed by atoms with Crippen LogP contribution in [0.4, 0.5) is 0 Å². The number of ether oxygens (including phenoxy) is 1. The van der Waals surface area contributed by atoms with Crippen molar-refractivity contribution in [2.75, 3.05) is 7.11 Å². The third-order valence-corrected chi connectivity index (χ3v) is 3.84. The molecule has 6 heteroatoms. The molecule has 0 heterocycles. The number of carbonyl (C=O) groups is 2. The van der Waals surface area contributed by atoms with E-state index in [1.54, 1.807) is 25.1 Å². The molecular formula is C14H17BrClNO3. The van der Waals surface area contributed by atoms with E-state index in [2.05, 4.69) is 21.2 Å². The average Bonchev–Trinajstić information content (AvgIpc) is 2.37. The molecule has 0 aliphatic rings. The molecule has 1 aromatic rings. The number of carbonyl (C=O) groups excluding carboxylic acids is 2. The molecule has 0 aliphatic heterocycles. The lowest BCUT2D eigenvalue weighted by Crippen LogP contribution is -2.52. The van der Waals surface area contributed by atoms with E-state index in [1.807, 2.05) is 6.92 Å². The standard InChI is InChI=1S/C14H17BrClNO3/c1-4-7-14(2,13(19)20-3)17-12(18)10-6-5-9(16)8-11(10)15/h5-6,8H,4,7H2,1-3H3,(H,17,18). The van der Waals surface area contributed by atoms with Gasteiger partial charge in [0, 0.05) is 9.50 Å². The van der Waals surface area contributed by atoms with Gasteiger partial charge in [-0.2, -0.15) is 0 Å². The van der Waals surface area contributed by atoms with Crippen LogP contribution >= 0.6 is 27.5 Å². The van der Waals surface area contributed by atoms with Crippen LogP contribution in [0.25, 0.3) is 0 Å². The Hall–Kier alpha value is -1.07. The summed E-state index contributed by atoms with van der Waals surface area (Å²) < 4.78 is 5.34. The first-order valence-corrected chi connectivity index (χ1v) is 7.37. The number of benzene rings is 1. The third-order valence-electron chi connectivity index (χ3n) is 2.95. The predicted octanol–water partition coefficient (Wildman–Crippen LogP) is 3.56. The Morgan fingerprint density at radius 2 is 2.10 bits per heavy atom. The Kier molecular flexibility index (Phi) is 6.02. The van der Waals surface area contributed by atoms with Gasteiger partial charge in [-0.15, -0.1) is 0 Å². The lowest BCUT2D eigenvalue weighted by Gasteiger charge is -2.27. The zero-order chi connectivity index (χ0) is 15.3. The number of hydrogen-bond donors (Lipinski definition) is 1. The maximum atomic E-state index is 12.3. The predicted molar refractivity (Wildman–Crippen MR) is 81.9 cm³/mol. The normalized spacial score (nSPS) is 13.4. The van der Waals surface area contributed by atoms with E-state index < -0.39 is 11.5 Å². The van der Waals surface area contributed by atoms with Crippen molar-refractivity contribution < 1.29 is 14.3 Å². The molecule has 0 aliphatic carbocycles. The van der Waals surface area contributed by atoms with Gasteiger partial charge in [0.15, 0.2) is 0 Å². The molecule has 0 bridgehead atoms. The van der Waals surface area contributed by atoms with Gasteiger partial charge in [0.2, 0.25) is 0 Å². The van der Waals surface area contributed by atoms with Crippen LogP contribution in [0.1, 0.15) is 37.0 Å². The molecule has 1 N–H and O–H groups in total. The van der Waals surface area contributed by atoms with Gasteiger partial charge in [-0.3, -0.25) is 4.79 Å². The molecule has 110 valence electrons. The maximum absolute atomic E-state index is 12.3. The second kappa shape index (κ2) is 7.09. The summed E-state index contributed by atoms with van der Waals surface area (Å²) in [5.74, 6) is -0.812. The first-order valence-electron chi connectivity index (χ1n) is 6.20. The third kappa shape index (κ3) is 3.96. The largest absolute Gasteiger partial charge is 0.467 e. The minimum atomic E-state index is -1.04. The van der Waals surface area contributed by atoms with Gasteiger partial charge in [-0.1, -0.05) is 24.9 Å². The fourth-order valence-electron chi connectivity index (χ4n) is 1.93. The summed E-state index contributed by atoms with van der Waals surface area (Å²) in [6, 6.07) is 4.85. The highest BCUT2D eigenvalue weighted by atomic mass is 79.9. The number of rotatable bonds is 5. The summed E-state index contributed by atoms with van der Waals surface area (Å²) in [4.78, 5) is 24.2. The van der Waals surface area contributed by atoms with Crippen molar-refractivity contribution in [1.82, 2.24) is 5.32 Å². The van der Waals surface area contributed by atoms with E-state index in [0.717, 1.165) is 6.42 Å². The molecule has 0 saturated heterocycles. The Bertz CT molecular complexity index is 521. The van der Waals surface area contributed by atoms with E-state index in [1.165, 1.54) is 7.11 Å². The van der Waals surface area contributed by atoms with Crippen molar-refractivity contribution in [1.29, 1.82) is 0 Å². The molecule has 20 heavy (non-hydrogen) atoms. The quantitative estimate of drug-likeness (QED) is 0.815. The Morgan fingerprint density at radius 3 is 2.60 bits per heavy atom. The van der Waals surface area contributed by atoms with Gasteiger partial charge in [0.05, 0.1) is 12.7 Å². The lowest BCUT2D eigenvalue weighted by molar-refractivity contribution is -0.147. The van der Waals surface area contributed by atoms with Crippen LogP contribution < -0.4 is 5.32 Å². The second-order valence-corrected chi connectivity index (χ2v) is 5.94. The minimum absolute atomic E-state index is 0.352. The number of methoxy groups -OCH3 is 1. The smallest absolute Gasteiger partial charge is 0.331 e. The highest BCUT2D eigenvalue weighted by Crippen LogP contribution is 2.23. The molecule has 0 radical (unpaired) electrons. The van der Waals surface area contributed by atoms with Crippen molar-refractivity contribution >= 4 is 39.4 Å². The first-order chi connectivity index (χ1) is 9.34.